The third kappa shape index (κ3) is 37.6. The monoisotopic (exact) mass is 748 g/mol. The normalized spacial score (nSPS) is 14.4. The molecule has 3 unspecified atom stereocenters. The molecule has 0 radical (unpaired) electrons. The number of hydrogen-bond acceptors (Lipinski definition) is 5. The predicted octanol–water partition coefficient (Wildman–Crippen LogP) is 11.8. The van der Waals surface area contributed by atoms with Crippen molar-refractivity contribution < 1.29 is 32.9 Å². The largest absolute Gasteiger partial charge is 0.472 e. The number of aliphatic hydroxyl groups is 1. The molecule has 0 aromatic carbocycles. The number of rotatable bonds is 40. The van der Waals surface area contributed by atoms with Crippen molar-refractivity contribution >= 4 is 13.7 Å². The van der Waals surface area contributed by atoms with Crippen LogP contribution >= 0.6 is 7.82 Å². The Labute approximate surface area is 317 Å². The van der Waals surface area contributed by atoms with Gasteiger partial charge in [-0.05, 0) is 12.8 Å². The average molecular weight is 748 g/mol. The van der Waals surface area contributed by atoms with E-state index in [9.17, 15) is 19.4 Å². The van der Waals surface area contributed by atoms with Crippen LogP contribution in [0.1, 0.15) is 213 Å². The lowest BCUT2D eigenvalue weighted by molar-refractivity contribution is -0.870. The van der Waals surface area contributed by atoms with Crippen LogP contribution in [0.2, 0.25) is 0 Å². The Kier molecular flexibility index (Phi) is 34.9. The maximum atomic E-state index is 12.8. The van der Waals surface area contributed by atoms with Gasteiger partial charge in [-0.2, -0.15) is 0 Å². The molecule has 3 atom stereocenters. The van der Waals surface area contributed by atoms with Crippen LogP contribution in [0.3, 0.4) is 0 Å². The van der Waals surface area contributed by atoms with Gasteiger partial charge in [-0.15, -0.1) is 0 Å². The van der Waals surface area contributed by atoms with Crippen molar-refractivity contribution in [1.82, 2.24) is 5.32 Å². The number of quaternary nitrogens is 1. The molecule has 0 aliphatic rings. The topological polar surface area (TPSA) is 105 Å². The lowest BCUT2D eigenvalue weighted by Crippen LogP contribution is -2.46. The summed E-state index contributed by atoms with van der Waals surface area (Å²) in [5.74, 6) is -0.142. The smallest absolute Gasteiger partial charge is 0.391 e. The van der Waals surface area contributed by atoms with Crippen molar-refractivity contribution in [2.45, 2.75) is 225 Å². The van der Waals surface area contributed by atoms with Gasteiger partial charge < -0.3 is 19.8 Å². The third-order valence-corrected chi connectivity index (χ3v) is 11.1. The van der Waals surface area contributed by atoms with Crippen LogP contribution in [0.4, 0.5) is 0 Å². The van der Waals surface area contributed by atoms with Crippen molar-refractivity contribution in [2.24, 2.45) is 0 Å². The molecule has 0 heterocycles. The molecule has 0 aliphatic heterocycles. The van der Waals surface area contributed by atoms with Gasteiger partial charge in [-0.1, -0.05) is 194 Å². The van der Waals surface area contributed by atoms with Gasteiger partial charge >= 0.3 is 7.82 Å². The van der Waals surface area contributed by atoms with E-state index in [0.29, 0.717) is 23.9 Å². The number of aliphatic hydroxyl groups excluding tert-OH is 1. The van der Waals surface area contributed by atoms with E-state index in [2.05, 4.69) is 19.2 Å². The molecule has 0 saturated carbocycles. The van der Waals surface area contributed by atoms with Gasteiger partial charge in [-0.3, -0.25) is 13.8 Å². The van der Waals surface area contributed by atoms with Gasteiger partial charge in [-0.25, -0.2) is 4.57 Å². The van der Waals surface area contributed by atoms with E-state index in [-0.39, 0.29) is 19.1 Å². The Hall–Kier alpha value is -0.500. The molecule has 0 aromatic rings. The van der Waals surface area contributed by atoms with E-state index < -0.39 is 20.0 Å². The predicted molar refractivity (Wildman–Crippen MR) is 217 cm³/mol. The molecular formula is C42H88N2O6P+. The lowest BCUT2D eigenvalue weighted by Gasteiger charge is -2.26. The van der Waals surface area contributed by atoms with Crippen LogP contribution in [0.25, 0.3) is 0 Å². The number of nitrogens with one attached hydrogen (secondary N) is 1. The highest BCUT2D eigenvalue weighted by Gasteiger charge is 2.28. The number of amides is 1. The zero-order chi connectivity index (χ0) is 37.9. The second-order valence-electron chi connectivity index (χ2n) is 16.4. The number of likely N-dealkylation sites (N-methyl/N-ethyl adjacent to an activating group) is 1. The summed E-state index contributed by atoms with van der Waals surface area (Å²) in [5.41, 5.74) is 0. The molecule has 51 heavy (non-hydrogen) atoms. The molecule has 306 valence electrons. The summed E-state index contributed by atoms with van der Waals surface area (Å²) in [6.45, 7) is 4.90. The molecule has 0 rings (SSSR count). The summed E-state index contributed by atoms with van der Waals surface area (Å²) in [6.07, 6.45) is 36.9. The standard InChI is InChI=1S/C42H87N2O6P/c1-6-8-10-12-14-16-18-20-21-22-24-25-27-29-31-33-35-41(45)40(39-50-51(47,48)49-38-37-44(3,4)5)43-42(46)36-34-32-30-28-26-23-19-17-15-13-11-9-7-2/h40-41,45H,6-39H2,1-5H3,(H-,43,46,47,48)/p+1. The summed E-state index contributed by atoms with van der Waals surface area (Å²) in [4.78, 5) is 23.1. The molecule has 0 bridgehead atoms. The molecular weight excluding hydrogens is 659 g/mol. The van der Waals surface area contributed by atoms with Gasteiger partial charge in [0.15, 0.2) is 0 Å². The maximum Gasteiger partial charge on any atom is 0.472 e. The first-order valence-electron chi connectivity index (χ1n) is 21.9. The zero-order valence-electron chi connectivity index (χ0n) is 34.6. The van der Waals surface area contributed by atoms with Crippen LogP contribution in [0.15, 0.2) is 0 Å². The Morgan fingerprint density at radius 2 is 0.941 bits per heavy atom. The number of carbonyl (C=O) groups excluding carboxylic acids is 1. The summed E-state index contributed by atoms with van der Waals surface area (Å²) >= 11 is 0. The number of phosphoric ester groups is 1. The zero-order valence-corrected chi connectivity index (χ0v) is 35.5. The van der Waals surface area contributed by atoms with Crippen LogP contribution in [-0.2, 0) is 18.4 Å². The SMILES string of the molecule is CCCCCCCCCCCCCCCCCCC(O)C(COP(=O)(O)OCC[N+](C)(C)C)NC(=O)CCCCCCCCCCCCCCC. The quantitative estimate of drug-likeness (QED) is 0.0327. The minimum atomic E-state index is -4.30. The van der Waals surface area contributed by atoms with E-state index in [1.54, 1.807) is 0 Å². The average Bonchev–Trinajstić information content (AvgIpc) is 3.07. The fourth-order valence-corrected chi connectivity index (χ4v) is 7.31. The fraction of sp³-hybridized carbons (Fsp3) is 0.976. The molecule has 0 saturated heterocycles. The highest BCUT2D eigenvalue weighted by atomic mass is 31.2. The number of phosphoric acid groups is 1. The number of hydrogen-bond donors (Lipinski definition) is 3. The van der Waals surface area contributed by atoms with E-state index in [4.69, 9.17) is 9.05 Å². The lowest BCUT2D eigenvalue weighted by atomic mass is 10.0. The van der Waals surface area contributed by atoms with E-state index in [0.717, 1.165) is 38.5 Å². The summed E-state index contributed by atoms with van der Waals surface area (Å²) in [7, 11) is 1.63. The van der Waals surface area contributed by atoms with Crippen molar-refractivity contribution in [3.05, 3.63) is 0 Å². The summed E-state index contributed by atoms with van der Waals surface area (Å²) in [6, 6.07) is -0.752. The Balaban J connectivity index is 4.35. The highest BCUT2D eigenvalue weighted by molar-refractivity contribution is 7.47. The summed E-state index contributed by atoms with van der Waals surface area (Å²) in [5, 5.41) is 13.9. The second kappa shape index (κ2) is 35.2. The molecule has 9 heteroatoms. The van der Waals surface area contributed by atoms with Crippen molar-refractivity contribution in [2.75, 3.05) is 40.9 Å². The number of unbranched alkanes of at least 4 members (excludes halogenated alkanes) is 27. The van der Waals surface area contributed by atoms with Crippen molar-refractivity contribution in [1.29, 1.82) is 0 Å². The van der Waals surface area contributed by atoms with Gasteiger partial charge in [0.1, 0.15) is 13.2 Å². The first-order valence-corrected chi connectivity index (χ1v) is 23.4. The molecule has 3 N–H and O–H groups in total. The third-order valence-electron chi connectivity index (χ3n) is 10.1. The van der Waals surface area contributed by atoms with Gasteiger partial charge in [0.05, 0.1) is 39.9 Å². The van der Waals surface area contributed by atoms with Crippen LogP contribution in [-0.4, -0.2) is 73.4 Å². The minimum absolute atomic E-state index is 0.0785. The first kappa shape index (κ1) is 50.5. The number of nitrogens with zero attached hydrogens (tertiary/aromatic N) is 1. The molecule has 0 aromatic heterocycles. The Bertz CT molecular complexity index is 809. The van der Waals surface area contributed by atoms with E-state index in [1.165, 1.54) is 148 Å². The molecule has 0 aliphatic carbocycles. The van der Waals surface area contributed by atoms with E-state index >= 15 is 0 Å². The Morgan fingerprint density at radius 1 is 0.588 bits per heavy atom. The Morgan fingerprint density at radius 3 is 1.31 bits per heavy atom. The molecule has 0 fully saturated rings. The molecule has 8 nitrogen and oxygen atoms in total. The van der Waals surface area contributed by atoms with Crippen molar-refractivity contribution in [3.63, 3.8) is 0 Å². The fourth-order valence-electron chi connectivity index (χ4n) is 6.58. The van der Waals surface area contributed by atoms with Gasteiger partial charge in [0, 0.05) is 6.42 Å². The van der Waals surface area contributed by atoms with E-state index in [1.807, 2.05) is 21.1 Å². The van der Waals surface area contributed by atoms with Crippen LogP contribution in [0.5, 0.6) is 0 Å². The first-order chi connectivity index (χ1) is 24.5. The van der Waals surface area contributed by atoms with Crippen molar-refractivity contribution in [3.8, 4) is 0 Å². The highest BCUT2D eigenvalue weighted by Crippen LogP contribution is 2.43. The molecule has 1 amide bonds. The van der Waals surface area contributed by atoms with Crippen LogP contribution < -0.4 is 5.32 Å². The second-order valence-corrected chi connectivity index (χ2v) is 17.9. The van der Waals surface area contributed by atoms with Crippen LogP contribution in [0, 0.1) is 0 Å². The number of carbonyl (C=O) groups is 1. The molecule has 0 spiro atoms. The summed E-state index contributed by atoms with van der Waals surface area (Å²) < 4.78 is 23.6. The van der Waals surface area contributed by atoms with Gasteiger partial charge in [0.25, 0.3) is 0 Å². The van der Waals surface area contributed by atoms with Gasteiger partial charge in [0.2, 0.25) is 5.91 Å². The minimum Gasteiger partial charge on any atom is -0.391 e. The maximum absolute atomic E-state index is 12.8.